The van der Waals surface area contributed by atoms with Crippen molar-refractivity contribution in [3.8, 4) is 0 Å². The fraction of sp³-hybridized carbons (Fsp3) is 1.00. The largest absolute Gasteiger partial charge is 0.377 e. The molecule has 1 fully saturated rings. The van der Waals surface area contributed by atoms with Crippen molar-refractivity contribution in [2.24, 2.45) is 0 Å². The molecule has 0 unspecified atom stereocenters. The van der Waals surface area contributed by atoms with Gasteiger partial charge >= 0.3 is 0 Å². The van der Waals surface area contributed by atoms with Gasteiger partial charge in [0, 0.05) is 12.6 Å². The van der Waals surface area contributed by atoms with Crippen LogP contribution < -0.4 is 10.0 Å². The molecule has 5 nitrogen and oxygen atoms in total. The van der Waals surface area contributed by atoms with E-state index in [9.17, 15) is 8.42 Å². The molecular formula is C13H28N2O3S. The quantitative estimate of drug-likeness (QED) is 0.595. The summed E-state index contributed by atoms with van der Waals surface area (Å²) < 4.78 is 31.6. The van der Waals surface area contributed by atoms with Crippen LogP contribution in [-0.4, -0.2) is 46.0 Å². The Labute approximate surface area is 117 Å². The van der Waals surface area contributed by atoms with E-state index in [1.165, 1.54) is 12.8 Å². The lowest BCUT2D eigenvalue weighted by Gasteiger charge is -2.12. The molecule has 0 aromatic rings. The Balaban J connectivity index is 2.02. The molecule has 1 aliphatic rings. The topological polar surface area (TPSA) is 67.4 Å². The van der Waals surface area contributed by atoms with E-state index >= 15 is 0 Å². The summed E-state index contributed by atoms with van der Waals surface area (Å²) in [6.07, 6.45) is 5.69. The summed E-state index contributed by atoms with van der Waals surface area (Å²) in [6, 6.07) is 0.399. The van der Waals surface area contributed by atoms with Crippen LogP contribution in [-0.2, 0) is 14.8 Å². The van der Waals surface area contributed by atoms with E-state index in [1.54, 1.807) is 0 Å². The van der Waals surface area contributed by atoms with E-state index in [2.05, 4.69) is 10.0 Å². The predicted octanol–water partition coefficient (Wildman–Crippen LogP) is 1.25. The highest BCUT2D eigenvalue weighted by Gasteiger charge is 2.15. The summed E-state index contributed by atoms with van der Waals surface area (Å²) in [6.45, 7) is 5.70. The molecule has 0 aliphatic heterocycles. The standard InChI is InChI=1S/C13H28N2O3S/c1-12(2)14-8-5-11-19(16,17)15-9-10-18-13-6-3-4-7-13/h12-15H,3-11H2,1-2H3. The number of rotatable bonds is 10. The molecule has 114 valence electrons. The van der Waals surface area contributed by atoms with Gasteiger partial charge in [-0.25, -0.2) is 13.1 Å². The lowest BCUT2D eigenvalue weighted by molar-refractivity contribution is 0.0626. The summed E-state index contributed by atoms with van der Waals surface area (Å²) in [5.41, 5.74) is 0. The molecule has 0 amide bonds. The van der Waals surface area contributed by atoms with Gasteiger partial charge in [-0.1, -0.05) is 26.7 Å². The average molecular weight is 292 g/mol. The van der Waals surface area contributed by atoms with Gasteiger partial charge in [-0.3, -0.25) is 0 Å². The van der Waals surface area contributed by atoms with Gasteiger partial charge in [-0.05, 0) is 25.8 Å². The second kappa shape index (κ2) is 8.89. The number of ether oxygens (including phenoxy) is 1. The third-order valence-corrected chi connectivity index (χ3v) is 4.69. The van der Waals surface area contributed by atoms with Crippen molar-refractivity contribution in [2.45, 2.75) is 58.1 Å². The number of hydrogen-bond acceptors (Lipinski definition) is 4. The Kier molecular flexibility index (Phi) is 7.90. The van der Waals surface area contributed by atoms with Crippen LogP contribution in [0.4, 0.5) is 0 Å². The lowest BCUT2D eigenvalue weighted by atomic mass is 10.3. The van der Waals surface area contributed by atoms with E-state index < -0.39 is 10.0 Å². The molecule has 1 saturated carbocycles. The van der Waals surface area contributed by atoms with Gasteiger partial charge in [0.25, 0.3) is 0 Å². The Morgan fingerprint density at radius 1 is 1.21 bits per heavy atom. The highest BCUT2D eigenvalue weighted by molar-refractivity contribution is 7.89. The monoisotopic (exact) mass is 292 g/mol. The van der Waals surface area contributed by atoms with Crippen LogP contribution in [0.3, 0.4) is 0 Å². The van der Waals surface area contributed by atoms with Gasteiger partial charge in [0.05, 0.1) is 18.5 Å². The zero-order valence-electron chi connectivity index (χ0n) is 12.2. The zero-order chi connectivity index (χ0) is 14.1. The van der Waals surface area contributed by atoms with Crippen molar-refractivity contribution >= 4 is 10.0 Å². The summed E-state index contributed by atoms with van der Waals surface area (Å²) in [4.78, 5) is 0. The second-order valence-corrected chi connectivity index (χ2v) is 7.38. The molecule has 0 heterocycles. The highest BCUT2D eigenvalue weighted by atomic mass is 32.2. The fourth-order valence-corrected chi connectivity index (χ4v) is 3.27. The van der Waals surface area contributed by atoms with Gasteiger partial charge in [0.1, 0.15) is 0 Å². The van der Waals surface area contributed by atoms with Gasteiger partial charge in [-0.2, -0.15) is 0 Å². The molecule has 0 spiro atoms. The first-order chi connectivity index (χ1) is 8.99. The first-order valence-corrected chi connectivity index (χ1v) is 8.97. The van der Waals surface area contributed by atoms with Crippen molar-refractivity contribution in [3.63, 3.8) is 0 Å². The van der Waals surface area contributed by atoms with Gasteiger partial charge in [-0.15, -0.1) is 0 Å². The summed E-state index contributed by atoms with van der Waals surface area (Å²) >= 11 is 0. The molecular weight excluding hydrogens is 264 g/mol. The van der Waals surface area contributed by atoms with Gasteiger partial charge in [0.2, 0.25) is 10.0 Å². The third-order valence-electron chi connectivity index (χ3n) is 3.22. The van der Waals surface area contributed by atoms with Crippen LogP contribution in [0.5, 0.6) is 0 Å². The Hall–Kier alpha value is -0.170. The summed E-state index contributed by atoms with van der Waals surface area (Å²) in [5.74, 6) is 0.177. The molecule has 0 radical (unpaired) electrons. The molecule has 0 saturated heterocycles. The van der Waals surface area contributed by atoms with Crippen LogP contribution in [0.2, 0.25) is 0 Å². The van der Waals surface area contributed by atoms with Crippen molar-refractivity contribution in [2.75, 3.05) is 25.4 Å². The maximum atomic E-state index is 11.7. The molecule has 0 atom stereocenters. The van der Waals surface area contributed by atoms with Crippen LogP contribution in [0, 0.1) is 0 Å². The molecule has 0 aromatic heterocycles. The van der Waals surface area contributed by atoms with Crippen LogP contribution in [0.15, 0.2) is 0 Å². The minimum atomic E-state index is -3.15. The highest BCUT2D eigenvalue weighted by Crippen LogP contribution is 2.20. The van der Waals surface area contributed by atoms with E-state index in [1.807, 2.05) is 13.8 Å². The van der Waals surface area contributed by atoms with Crippen molar-refractivity contribution in [3.05, 3.63) is 0 Å². The summed E-state index contributed by atoms with van der Waals surface area (Å²) in [7, 11) is -3.15. The lowest BCUT2D eigenvalue weighted by Crippen LogP contribution is -2.32. The van der Waals surface area contributed by atoms with E-state index in [0.29, 0.717) is 31.7 Å². The van der Waals surface area contributed by atoms with Crippen LogP contribution in [0.1, 0.15) is 46.0 Å². The molecule has 6 heteroatoms. The average Bonchev–Trinajstić information content (AvgIpc) is 2.83. The van der Waals surface area contributed by atoms with E-state index in [4.69, 9.17) is 4.74 Å². The molecule has 1 rings (SSSR count). The summed E-state index contributed by atoms with van der Waals surface area (Å²) in [5, 5.41) is 3.21. The zero-order valence-corrected chi connectivity index (χ0v) is 13.0. The van der Waals surface area contributed by atoms with E-state index in [0.717, 1.165) is 19.4 Å². The maximum absolute atomic E-state index is 11.7. The number of hydrogen-bond donors (Lipinski definition) is 2. The Morgan fingerprint density at radius 3 is 2.53 bits per heavy atom. The van der Waals surface area contributed by atoms with Gasteiger partial charge < -0.3 is 10.1 Å². The molecule has 1 aliphatic carbocycles. The van der Waals surface area contributed by atoms with Crippen LogP contribution >= 0.6 is 0 Å². The normalized spacial score (nSPS) is 17.4. The van der Waals surface area contributed by atoms with E-state index in [-0.39, 0.29) is 5.75 Å². The second-order valence-electron chi connectivity index (χ2n) is 5.45. The number of nitrogens with one attached hydrogen (secondary N) is 2. The smallest absolute Gasteiger partial charge is 0.211 e. The van der Waals surface area contributed by atoms with Gasteiger partial charge in [0.15, 0.2) is 0 Å². The predicted molar refractivity (Wildman–Crippen MR) is 77.8 cm³/mol. The Bertz CT molecular complexity index is 325. The van der Waals surface area contributed by atoms with Crippen molar-refractivity contribution in [1.82, 2.24) is 10.0 Å². The van der Waals surface area contributed by atoms with Crippen molar-refractivity contribution in [1.29, 1.82) is 0 Å². The van der Waals surface area contributed by atoms with Crippen LogP contribution in [0.25, 0.3) is 0 Å². The first-order valence-electron chi connectivity index (χ1n) is 7.32. The number of sulfonamides is 1. The van der Waals surface area contributed by atoms with Crippen molar-refractivity contribution < 1.29 is 13.2 Å². The fourth-order valence-electron chi connectivity index (χ4n) is 2.20. The molecule has 19 heavy (non-hydrogen) atoms. The minimum Gasteiger partial charge on any atom is -0.377 e. The molecule has 0 aromatic carbocycles. The SMILES string of the molecule is CC(C)NCCCS(=O)(=O)NCCOC1CCCC1. The molecule has 0 bridgehead atoms. The third kappa shape index (κ3) is 8.57. The Morgan fingerprint density at radius 2 is 1.89 bits per heavy atom. The maximum Gasteiger partial charge on any atom is 0.211 e. The first kappa shape index (κ1) is 16.9. The minimum absolute atomic E-state index is 0.177. The molecule has 2 N–H and O–H groups in total.